The number of anilines is 1. The van der Waals surface area contributed by atoms with E-state index in [4.69, 9.17) is 27.9 Å². The molecule has 0 unspecified atom stereocenters. The van der Waals surface area contributed by atoms with Crippen molar-refractivity contribution in [2.24, 2.45) is 5.10 Å². The van der Waals surface area contributed by atoms with Crippen molar-refractivity contribution in [1.29, 1.82) is 0 Å². The Morgan fingerprint density at radius 3 is 2.35 bits per heavy atom. The molecule has 0 aliphatic rings. The average Bonchev–Trinajstić information content (AvgIpc) is 2.72. The van der Waals surface area contributed by atoms with Crippen molar-refractivity contribution < 1.29 is 18.7 Å². The van der Waals surface area contributed by atoms with E-state index in [2.05, 4.69) is 15.8 Å². The van der Waals surface area contributed by atoms with E-state index in [-0.39, 0.29) is 18.1 Å². The van der Waals surface area contributed by atoms with E-state index in [1.807, 2.05) is 0 Å². The lowest BCUT2D eigenvalue weighted by molar-refractivity contribution is -0.136. The van der Waals surface area contributed by atoms with Gasteiger partial charge >= 0.3 is 11.8 Å². The van der Waals surface area contributed by atoms with Crippen molar-refractivity contribution >= 4 is 46.9 Å². The molecule has 2 N–H and O–H groups in total. The fraction of sp³-hybridized carbons (Fsp3) is 0.0455. The summed E-state index contributed by atoms with van der Waals surface area (Å²) in [5.74, 6) is -1.61. The Balaban J connectivity index is 1.48. The Bertz CT molecular complexity index is 1100. The second-order valence-electron chi connectivity index (χ2n) is 6.30. The van der Waals surface area contributed by atoms with Gasteiger partial charge in [0.25, 0.3) is 0 Å². The van der Waals surface area contributed by atoms with Crippen LogP contribution in [0.1, 0.15) is 11.1 Å². The summed E-state index contributed by atoms with van der Waals surface area (Å²) >= 11 is 11.7. The van der Waals surface area contributed by atoms with Crippen molar-refractivity contribution in [1.82, 2.24) is 5.43 Å². The van der Waals surface area contributed by atoms with Gasteiger partial charge < -0.3 is 10.1 Å². The maximum atomic E-state index is 13.2. The van der Waals surface area contributed by atoms with Crippen molar-refractivity contribution in [2.75, 3.05) is 5.32 Å². The van der Waals surface area contributed by atoms with Gasteiger partial charge in [-0.3, -0.25) is 9.59 Å². The molecule has 0 aliphatic carbocycles. The lowest BCUT2D eigenvalue weighted by Crippen LogP contribution is -2.32. The first-order valence-corrected chi connectivity index (χ1v) is 9.72. The van der Waals surface area contributed by atoms with Crippen LogP contribution in [-0.4, -0.2) is 18.0 Å². The first kappa shape index (κ1) is 22.3. The van der Waals surface area contributed by atoms with Crippen LogP contribution in [0.2, 0.25) is 10.0 Å². The average molecular weight is 460 g/mol. The third kappa shape index (κ3) is 7.09. The number of halogens is 3. The van der Waals surface area contributed by atoms with Crippen LogP contribution in [-0.2, 0) is 16.2 Å². The van der Waals surface area contributed by atoms with Gasteiger partial charge in [-0.05, 0) is 65.7 Å². The number of hydrogen-bond acceptors (Lipinski definition) is 4. The Hall–Kier alpha value is -3.42. The summed E-state index contributed by atoms with van der Waals surface area (Å²) in [6, 6.07) is 17.4. The molecule has 0 aromatic heterocycles. The highest BCUT2D eigenvalue weighted by Gasteiger charge is 2.13. The molecule has 2 amide bonds. The standard InChI is InChI=1S/C22H16Cl2FN3O3/c23-16-9-17(24)11-19(10-16)27-21(29)22(30)28-26-12-14-4-6-20(7-5-14)31-13-15-2-1-3-18(25)8-15/h1-12H,13H2,(H,27,29)(H,28,30). The van der Waals surface area contributed by atoms with Crippen LogP contribution in [0.25, 0.3) is 0 Å². The summed E-state index contributed by atoms with van der Waals surface area (Å²) in [5, 5.41) is 6.78. The van der Waals surface area contributed by atoms with Crippen molar-refractivity contribution in [3.63, 3.8) is 0 Å². The zero-order valence-electron chi connectivity index (χ0n) is 15.9. The van der Waals surface area contributed by atoms with Gasteiger partial charge in [0.15, 0.2) is 0 Å². The van der Waals surface area contributed by atoms with Gasteiger partial charge in [-0.15, -0.1) is 0 Å². The van der Waals surface area contributed by atoms with E-state index < -0.39 is 11.8 Å². The maximum absolute atomic E-state index is 13.2. The van der Waals surface area contributed by atoms with Gasteiger partial charge in [0.2, 0.25) is 0 Å². The van der Waals surface area contributed by atoms with Crippen LogP contribution in [0.5, 0.6) is 5.75 Å². The third-order valence-corrected chi connectivity index (χ3v) is 4.32. The highest BCUT2D eigenvalue weighted by atomic mass is 35.5. The lowest BCUT2D eigenvalue weighted by Gasteiger charge is -2.06. The maximum Gasteiger partial charge on any atom is 0.329 e. The van der Waals surface area contributed by atoms with Gasteiger partial charge in [0, 0.05) is 15.7 Å². The molecule has 3 rings (SSSR count). The molecular weight excluding hydrogens is 444 g/mol. The Labute approximate surface area is 187 Å². The molecule has 158 valence electrons. The molecule has 0 heterocycles. The van der Waals surface area contributed by atoms with E-state index in [1.54, 1.807) is 36.4 Å². The van der Waals surface area contributed by atoms with E-state index in [9.17, 15) is 14.0 Å². The van der Waals surface area contributed by atoms with Gasteiger partial charge in [0.05, 0.1) is 6.21 Å². The SMILES string of the molecule is O=C(NN=Cc1ccc(OCc2cccc(F)c2)cc1)C(=O)Nc1cc(Cl)cc(Cl)c1. The summed E-state index contributed by atoms with van der Waals surface area (Å²) in [6.07, 6.45) is 1.37. The van der Waals surface area contributed by atoms with E-state index >= 15 is 0 Å². The normalized spacial score (nSPS) is 10.7. The fourth-order valence-corrected chi connectivity index (χ4v) is 3.00. The number of amides is 2. The molecule has 0 radical (unpaired) electrons. The summed E-state index contributed by atoms with van der Waals surface area (Å²) in [4.78, 5) is 23.8. The van der Waals surface area contributed by atoms with Crippen LogP contribution >= 0.6 is 23.2 Å². The smallest absolute Gasteiger partial charge is 0.329 e. The Kier molecular flexibility index (Phi) is 7.59. The zero-order valence-corrected chi connectivity index (χ0v) is 17.5. The fourth-order valence-electron chi connectivity index (χ4n) is 2.47. The molecule has 0 fully saturated rings. The van der Waals surface area contributed by atoms with E-state index in [0.717, 1.165) is 0 Å². The van der Waals surface area contributed by atoms with Gasteiger partial charge in [-0.2, -0.15) is 5.10 Å². The molecule has 6 nitrogen and oxygen atoms in total. The second-order valence-corrected chi connectivity index (χ2v) is 7.17. The number of rotatable bonds is 6. The van der Waals surface area contributed by atoms with Crippen LogP contribution < -0.4 is 15.5 Å². The Morgan fingerprint density at radius 1 is 0.968 bits per heavy atom. The number of ether oxygens (including phenoxy) is 1. The molecule has 0 saturated heterocycles. The molecule has 0 saturated carbocycles. The quantitative estimate of drug-likeness (QED) is 0.315. The number of nitrogens with one attached hydrogen (secondary N) is 2. The number of hydrogen-bond donors (Lipinski definition) is 2. The molecule has 9 heteroatoms. The number of carbonyl (C=O) groups excluding carboxylic acids is 2. The van der Waals surface area contributed by atoms with E-state index in [0.29, 0.717) is 26.9 Å². The highest BCUT2D eigenvalue weighted by Crippen LogP contribution is 2.22. The first-order chi connectivity index (χ1) is 14.9. The molecule has 31 heavy (non-hydrogen) atoms. The molecular formula is C22H16Cl2FN3O3. The lowest BCUT2D eigenvalue weighted by atomic mass is 10.2. The van der Waals surface area contributed by atoms with Crippen LogP contribution in [0.3, 0.4) is 0 Å². The molecule has 0 aliphatic heterocycles. The summed E-state index contributed by atoms with van der Waals surface area (Å²) < 4.78 is 18.8. The third-order valence-electron chi connectivity index (χ3n) is 3.88. The van der Waals surface area contributed by atoms with E-state index in [1.165, 1.54) is 36.5 Å². The van der Waals surface area contributed by atoms with Crippen molar-refractivity contribution in [3.05, 3.63) is 93.7 Å². The number of nitrogens with zero attached hydrogens (tertiary/aromatic N) is 1. The van der Waals surface area contributed by atoms with Gasteiger partial charge in [-0.1, -0.05) is 35.3 Å². The molecule has 0 atom stereocenters. The summed E-state index contributed by atoms with van der Waals surface area (Å²) in [5.41, 5.74) is 3.80. The van der Waals surface area contributed by atoms with Crippen LogP contribution in [0.4, 0.5) is 10.1 Å². The topological polar surface area (TPSA) is 79.8 Å². The van der Waals surface area contributed by atoms with Crippen molar-refractivity contribution in [2.45, 2.75) is 6.61 Å². The predicted molar refractivity (Wildman–Crippen MR) is 118 cm³/mol. The predicted octanol–water partition coefficient (Wildman–Crippen LogP) is 4.80. The van der Waals surface area contributed by atoms with Crippen molar-refractivity contribution in [3.8, 4) is 5.75 Å². The molecule has 0 bridgehead atoms. The largest absolute Gasteiger partial charge is 0.489 e. The molecule has 0 spiro atoms. The second kappa shape index (κ2) is 10.6. The van der Waals surface area contributed by atoms with Gasteiger partial charge in [0.1, 0.15) is 18.2 Å². The summed E-state index contributed by atoms with van der Waals surface area (Å²) in [6.45, 7) is 0.230. The highest BCUT2D eigenvalue weighted by molar-refractivity contribution is 6.40. The van der Waals surface area contributed by atoms with Crippen LogP contribution in [0, 0.1) is 5.82 Å². The molecule has 3 aromatic rings. The minimum Gasteiger partial charge on any atom is -0.489 e. The first-order valence-electron chi connectivity index (χ1n) is 8.97. The van der Waals surface area contributed by atoms with Crippen LogP contribution in [0.15, 0.2) is 71.8 Å². The zero-order chi connectivity index (χ0) is 22.2. The summed E-state index contributed by atoms with van der Waals surface area (Å²) in [7, 11) is 0. The number of benzene rings is 3. The molecule has 3 aromatic carbocycles. The number of carbonyl (C=O) groups is 2. The minimum atomic E-state index is -0.956. The van der Waals surface area contributed by atoms with Gasteiger partial charge in [-0.25, -0.2) is 9.82 Å². The Morgan fingerprint density at radius 2 is 1.68 bits per heavy atom. The number of hydrazone groups is 1. The minimum absolute atomic E-state index is 0.230. The monoisotopic (exact) mass is 459 g/mol.